The molecule has 0 saturated heterocycles. The van der Waals surface area contributed by atoms with Crippen LogP contribution in [0.1, 0.15) is 24.7 Å². The van der Waals surface area contributed by atoms with Crippen LogP contribution in [0.25, 0.3) is 0 Å². The predicted octanol–water partition coefficient (Wildman–Crippen LogP) is 5.01. The lowest BCUT2D eigenvalue weighted by Crippen LogP contribution is -2.25. The summed E-state index contributed by atoms with van der Waals surface area (Å²) in [4.78, 5) is 11.5. The molecule has 2 aromatic carbocycles. The average Bonchev–Trinajstić information content (AvgIpc) is 2.69. The van der Waals surface area contributed by atoms with Gasteiger partial charge in [0.05, 0.1) is 6.61 Å². The van der Waals surface area contributed by atoms with Gasteiger partial charge < -0.3 is 15.0 Å². The van der Waals surface area contributed by atoms with E-state index >= 15 is 0 Å². The molecular formula is C22H24N4O. The summed E-state index contributed by atoms with van der Waals surface area (Å²) in [5.41, 5.74) is 3.59. The van der Waals surface area contributed by atoms with E-state index < -0.39 is 0 Å². The van der Waals surface area contributed by atoms with Crippen LogP contribution in [0.15, 0.2) is 54.6 Å². The van der Waals surface area contributed by atoms with Crippen molar-refractivity contribution in [2.45, 2.75) is 26.7 Å². The first kappa shape index (κ1) is 17.3. The van der Waals surface area contributed by atoms with Crippen LogP contribution in [-0.4, -0.2) is 23.1 Å². The van der Waals surface area contributed by atoms with Crippen molar-refractivity contribution >= 4 is 23.0 Å². The van der Waals surface area contributed by atoms with Gasteiger partial charge in [-0.05, 0) is 62.6 Å². The molecule has 0 saturated carbocycles. The summed E-state index contributed by atoms with van der Waals surface area (Å²) < 4.78 is 5.50. The van der Waals surface area contributed by atoms with Crippen molar-refractivity contribution < 1.29 is 4.74 Å². The van der Waals surface area contributed by atoms with Crippen LogP contribution in [0.5, 0.6) is 5.75 Å². The Morgan fingerprint density at radius 2 is 1.89 bits per heavy atom. The molecule has 0 unspecified atom stereocenters. The molecule has 3 aromatic rings. The number of para-hydroxylation sites is 1. The lowest BCUT2D eigenvalue weighted by Gasteiger charge is -2.30. The minimum atomic E-state index is 0.665. The molecule has 1 N–H and O–H groups in total. The number of aryl methyl sites for hydroxylation is 2. The lowest BCUT2D eigenvalue weighted by molar-refractivity contribution is 0.340. The fourth-order valence-corrected chi connectivity index (χ4v) is 3.47. The van der Waals surface area contributed by atoms with E-state index in [9.17, 15) is 0 Å². The van der Waals surface area contributed by atoms with Gasteiger partial charge in [0, 0.05) is 24.0 Å². The highest BCUT2D eigenvalue weighted by atomic mass is 16.5. The third-order valence-electron chi connectivity index (χ3n) is 4.65. The van der Waals surface area contributed by atoms with E-state index in [1.165, 1.54) is 11.3 Å². The lowest BCUT2D eigenvalue weighted by atomic mass is 10.0. The van der Waals surface area contributed by atoms with Gasteiger partial charge in [-0.3, -0.25) is 0 Å². The number of benzene rings is 2. The third kappa shape index (κ3) is 3.87. The van der Waals surface area contributed by atoms with E-state index in [0.29, 0.717) is 6.61 Å². The topological polar surface area (TPSA) is 50.3 Å². The molecule has 0 radical (unpaired) electrons. The monoisotopic (exact) mass is 360 g/mol. The Hall–Kier alpha value is -3.08. The van der Waals surface area contributed by atoms with E-state index in [1.807, 2.05) is 44.2 Å². The smallest absolute Gasteiger partial charge is 0.138 e. The number of ether oxygens (including phenoxy) is 1. The largest absolute Gasteiger partial charge is 0.494 e. The van der Waals surface area contributed by atoms with Crippen molar-refractivity contribution in [1.29, 1.82) is 0 Å². The summed E-state index contributed by atoms with van der Waals surface area (Å²) in [5, 5.41) is 3.38. The zero-order valence-corrected chi connectivity index (χ0v) is 15.8. The number of fused-ring (bicyclic) bond motifs is 1. The molecule has 5 heteroatoms. The Kier molecular flexibility index (Phi) is 4.92. The van der Waals surface area contributed by atoms with E-state index in [2.05, 4.69) is 39.5 Å². The number of hydrogen-bond donors (Lipinski definition) is 1. The van der Waals surface area contributed by atoms with E-state index in [0.717, 1.165) is 48.3 Å². The van der Waals surface area contributed by atoms with Gasteiger partial charge in [-0.25, -0.2) is 9.97 Å². The summed E-state index contributed by atoms with van der Waals surface area (Å²) in [5.74, 6) is 3.35. The second-order valence-corrected chi connectivity index (χ2v) is 6.62. The van der Waals surface area contributed by atoms with E-state index in [1.54, 1.807) is 0 Å². The molecule has 0 fully saturated rings. The highest BCUT2D eigenvalue weighted by Gasteiger charge is 2.19. The molecule has 1 aromatic heterocycles. The maximum atomic E-state index is 5.50. The van der Waals surface area contributed by atoms with Crippen molar-refractivity contribution in [3.05, 3.63) is 66.0 Å². The standard InChI is InChI=1S/C22H24N4O/c1-3-27-19-12-10-18(11-13-19)25-21-15-22(24-16(2)23-21)26-14-6-8-17-7-4-5-9-20(17)26/h4-5,7,9-13,15H,3,6,8,14H2,1-2H3,(H,23,24,25). The van der Waals surface area contributed by atoms with Gasteiger partial charge in [-0.1, -0.05) is 18.2 Å². The molecule has 0 atom stereocenters. The zero-order valence-electron chi connectivity index (χ0n) is 15.8. The quantitative estimate of drug-likeness (QED) is 0.693. The van der Waals surface area contributed by atoms with Crippen LogP contribution in [0.4, 0.5) is 23.0 Å². The van der Waals surface area contributed by atoms with Gasteiger partial charge in [-0.2, -0.15) is 0 Å². The van der Waals surface area contributed by atoms with E-state index in [-0.39, 0.29) is 0 Å². The second-order valence-electron chi connectivity index (χ2n) is 6.62. The summed E-state index contributed by atoms with van der Waals surface area (Å²) in [6.07, 6.45) is 2.25. The first-order valence-electron chi connectivity index (χ1n) is 9.44. The number of nitrogens with zero attached hydrogens (tertiary/aromatic N) is 3. The summed E-state index contributed by atoms with van der Waals surface area (Å²) >= 11 is 0. The third-order valence-corrected chi connectivity index (χ3v) is 4.65. The van der Waals surface area contributed by atoms with Gasteiger partial charge in [-0.15, -0.1) is 0 Å². The Bertz CT molecular complexity index is 924. The van der Waals surface area contributed by atoms with Crippen molar-refractivity contribution in [2.75, 3.05) is 23.4 Å². The van der Waals surface area contributed by atoms with Crippen LogP contribution in [0.3, 0.4) is 0 Å². The highest BCUT2D eigenvalue weighted by molar-refractivity contribution is 5.68. The first-order valence-corrected chi connectivity index (χ1v) is 9.44. The number of aromatic nitrogens is 2. The van der Waals surface area contributed by atoms with Crippen molar-refractivity contribution in [3.63, 3.8) is 0 Å². The van der Waals surface area contributed by atoms with Crippen molar-refractivity contribution in [2.24, 2.45) is 0 Å². The molecule has 4 rings (SSSR count). The molecule has 1 aliphatic heterocycles. The maximum Gasteiger partial charge on any atom is 0.138 e. The maximum absolute atomic E-state index is 5.50. The van der Waals surface area contributed by atoms with E-state index in [4.69, 9.17) is 9.72 Å². The Morgan fingerprint density at radius 3 is 2.70 bits per heavy atom. The Labute approximate surface area is 160 Å². The first-order chi connectivity index (χ1) is 13.2. The average molecular weight is 360 g/mol. The Morgan fingerprint density at radius 1 is 1.07 bits per heavy atom. The molecule has 27 heavy (non-hydrogen) atoms. The predicted molar refractivity (Wildman–Crippen MR) is 109 cm³/mol. The minimum Gasteiger partial charge on any atom is -0.494 e. The van der Waals surface area contributed by atoms with Crippen LogP contribution >= 0.6 is 0 Å². The van der Waals surface area contributed by atoms with Gasteiger partial charge >= 0.3 is 0 Å². The summed E-state index contributed by atoms with van der Waals surface area (Å²) in [6.45, 7) is 5.55. The molecule has 0 amide bonds. The van der Waals surface area contributed by atoms with Crippen molar-refractivity contribution in [3.8, 4) is 5.75 Å². The van der Waals surface area contributed by atoms with Gasteiger partial charge in [0.25, 0.3) is 0 Å². The number of hydrogen-bond acceptors (Lipinski definition) is 5. The molecule has 0 bridgehead atoms. The number of nitrogens with one attached hydrogen (secondary N) is 1. The second kappa shape index (κ2) is 7.66. The van der Waals surface area contributed by atoms with Crippen LogP contribution in [-0.2, 0) is 6.42 Å². The minimum absolute atomic E-state index is 0.665. The SMILES string of the molecule is CCOc1ccc(Nc2cc(N3CCCc4ccccc43)nc(C)n2)cc1. The molecule has 0 aliphatic carbocycles. The highest BCUT2D eigenvalue weighted by Crippen LogP contribution is 2.33. The summed E-state index contributed by atoms with van der Waals surface area (Å²) in [7, 11) is 0. The molecule has 0 spiro atoms. The zero-order chi connectivity index (χ0) is 18.6. The van der Waals surface area contributed by atoms with Crippen LogP contribution in [0.2, 0.25) is 0 Å². The van der Waals surface area contributed by atoms with Gasteiger partial charge in [0.1, 0.15) is 23.2 Å². The fourth-order valence-electron chi connectivity index (χ4n) is 3.47. The fraction of sp³-hybridized carbons (Fsp3) is 0.273. The molecular weight excluding hydrogens is 336 g/mol. The van der Waals surface area contributed by atoms with Crippen LogP contribution in [0, 0.1) is 6.92 Å². The Balaban J connectivity index is 1.61. The molecule has 5 nitrogen and oxygen atoms in total. The molecule has 2 heterocycles. The van der Waals surface area contributed by atoms with Gasteiger partial charge in [0.15, 0.2) is 0 Å². The molecule has 1 aliphatic rings. The number of rotatable bonds is 5. The summed E-state index contributed by atoms with van der Waals surface area (Å²) in [6, 6.07) is 18.5. The number of anilines is 4. The van der Waals surface area contributed by atoms with Crippen LogP contribution < -0.4 is 15.0 Å². The van der Waals surface area contributed by atoms with Crippen molar-refractivity contribution in [1.82, 2.24) is 9.97 Å². The molecule has 138 valence electrons. The normalized spacial score (nSPS) is 13.2. The van der Waals surface area contributed by atoms with Gasteiger partial charge in [0.2, 0.25) is 0 Å².